The lowest BCUT2D eigenvalue weighted by Gasteiger charge is -2.24. The Balaban J connectivity index is 1.62. The number of nitrogens with zero attached hydrogens (tertiary/aromatic N) is 2. The van der Waals surface area contributed by atoms with Crippen LogP contribution in [-0.4, -0.2) is 43.8 Å². The largest absolute Gasteiger partial charge is 0.462 e. The normalized spacial score (nSPS) is 13.7. The first kappa shape index (κ1) is 25.3. The first-order valence-electron chi connectivity index (χ1n) is 11.7. The van der Waals surface area contributed by atoms with E-state index >= 15 is 0 Å². The van der Waals surface area contributed by atoms with Crippen molar-refractivity contribution in [1.82, 2.24) is 0 Å². The lowest BCUT2D eigenvalue weighted by atomic mass is 9.95. The summed E-state index contributed by atoms with van der Waals surface area (Å²) in [4.78, 5) is 26.8. The SMILES string of the molecule is CC(C)(C)OC(=O)[C@@H](CN)Cc1cc(C#N)c2c(c1)CCN2CCCOC(=O)c1ccccc1. The summed E-state index contributed by atoms with van der Waals surface area (Å²) in [5.74, 6) is -1.11. The van der Waals surface area contributed by atoms with E-state index in [0.29, 0.717) is 37.1 Å². The maximum atomic E-state index is 12.5. The maximum absolute atomic E-state index is 12.5. The van der Waals surface area contributed by atoms with E-state index in [1.165, 1.54) is 0 Å². The van der Waals surface area contributed by atoms with Crippen LogP contribution in [-0.2, 0) is 27.1 Å². The van der Waals surface area contributed by atoms with E-state index < -0.39 is 11.5 Å². The van der Waals surface area contributed by atoms with E-state index in [-0.39, 0.29) is 18.5 Å². The molecule has 0 bridgehead atoms. The zero-order chi connectivity index (χ0) is 24.7. The molecule has 0 saturated carbocycles. The summed E-state index contributed by atoms with van der Waals surface area (Å²) in [5.41, 5.74) is 9.35. The van der Waals surface area contributed by atoms with E-state index in [1.807, 2.05) is 32.9 Å². The Hall–Kier alpha value is -3.37. The maximum Gasteiger partial charge on any atom is 0.338 e. The molecule has 0 unspecified atom stereocenters. The molecule has 1 aliphatic heterocycles. The van der Waals surface area contributed by atoms with Gasteiger partial charge in [0.2, 0.25) is 0 Å². The van der Waals surface area contributed by atoms with Gasteiger partial charge in [-0.1, -0.05) is 24.3 Å². The second-order valence-corrected chi connectivity index (χ2v) is 9.53. The van der Waals surface area contributed by atoms with Gasteiger partial charge < -0.3 is 20.1 Å². The number of nitrogens with two attached hydrogens (primary N) is 1. The van der Waals surface area contributed by atoms with Crippen molar-refractivity contribution in [2.24, 2.45) is 11.7 Å². The van der Waals surface area contributed by atoms with Crippen molar-refractivity contribution in [2.75, 3.05) is 31.1 Å². The van der Waals surface area contributed by atoms with Crippen LogP contribution in [0.5, 0.6) is 0 Å². The number of rotatable bonds is 9. The molecule has 1 atom stereocenters. The van der Waals surface area contributed by atoms with Crippen LogP contribution in [0, 0.1) is 17.2 Å². The fourth-order valence-electron chi connectivity index (χ4n) is 4.13. The molecular formula is C27H33N3O4. The summed E-state index contributed by atoms with van der Waals surface area (Å²) in [6, 6.07) is 15.2. The minimum atomic E-state index is -0.573. The van der Waals surface area contributed by atoms with Crippen molar-refractivity contribution in [3.63, 3.8) is 0 Å². The summed E-state index contributed by atoms with van der Waals surface area (Å²) in [6.45, 7) is 7.48. The van der Waals surface area contributed by atoms with Crippen LogP contribution in [0.3, 0.4) is 0 Å². The van der Waals surface area contributed by atoms with Gasteiger partial charge in [-0.2, -0.15) is 5.26 Å². The van der Waals surface area contributed by atoms with Crippen molar-refractivity contribution in [1.29, 1.82) is 5.26 Å². The molecule has 0 amide bonds. The molecule has 3 rings (SSSR count). The van der Waals surface area contributed by atoms with Crippen molar-refractivity contribution in [3.8, 4) is 6.07 Å². The Labute approximate surface area is 201 Å². The fraction of sp³-hybridized carbons (Fsp3) is 0.444. The first-order chi connectivity index (χ1) is 16.2. The zero-order valence-electron chi connectivity index (χ0n) is 20.2. The molecule has 34 heavy (non-hydrogen) atoms. The van der Waals surface area contributed by atoms with E-state index in [2.05, 4.69) is 17.0 Å². The number of benzene rings is 2. The fourth-order valence-corrected chi connectivity index (χ4v) is 4.13. The second-order valence-electron chi connectivity index (χ2n) is 9.53. The van der Waals surface area contributed by atoms with Crippen LogP contribution in [0.15, 0.2) is 42.5 Å². The third-order valence-corrected chi connectivity index (χ3v) is 5.66. The molecule has 7 heteroatoms. The molecule has 2 aromatic rings. The zero-order valence-corrected chi connectivity index (χ0v) is 20.2. The summed E-state index contributed by atoms with van der Waals surface area (Å²) in [7, 11) is 0. The Bertz CT molecular complexity index is 1050. The van der Waals surface area contributed by atoms with Gasteiger partial charge in [0, 0.05) is 19.6 Å². The molecule has 0 aromatic heterocycles. The number of hydrogen-bond donors (Lipinski definition) is 1. The van der Waals surface area contributed by atoms with Gasteiger partial charge in [0.05, 0.1) is 29.3 Å². The lowest BCUT2D eigenvalue weighted by molar-refractivity contribution is -0.159. The minimum absolute atomic E-state index is 0.182. The summed E-state index contributed by atoms with van der Waals surface area (Å²) >= 11 is 0. The third-order valence-electron chi connectivity index (χ3n) is 5.66. The van der Waals surface area contributed by atoms with Gasteiger partial charge in [-0.05, 0) is 69.4 Å². The number of ether oxygens (including phenoxy) is 2. The van der Waals surface area contributed by atoms with Gasteiger partial charge in [0.1, 0.15) is 11.7 Å². The summed E-state index contributed by atoms with van der Waals surface area (Å²) < 4.78 is 10.9. The number of carbonyl (C=O) groups excluding carboxylic acids is 2. The number of nitriles is 1. The van der Waals surface area contributed by atoms with Crippen LogP contribution >= 0.6 is 0 Å². The highest BCUT2D eigenvalue weighted by Crippen LogP contribution is 2.33. The number of anilines is 1. The van der Waals surface area contributed by atoms with Crippen molar-refractivity contribution < 1.29 is 19.1 Å². The van der Waals surface area contributed by atoms with Crippen molar-refractivity contribution in [2.45, 2.75) is 45.6 Å². The van der Waals surface area contributed by atoms with Crippen molar-refractivity contribution in [3.05, 3.63) is 64.7 Å². The molecule has 7 nitrogen and oxygen atoms in total. The summed E-state index contributed by atoms with van der Waals surface area (Å²) in [5, 5.41) is 9.81. The Morgan fingerprint density at radius 3 is 2.59 bits per heavy atom. The standard InChI is InChI=1S/C27H33N3O4/c1-27(2,3)34-26(32)23(18-29)16-19-14-21-10-12-30(24(21)22(15-19)17-28)11-7-13-33-25(31)20-8-5-4-6-9-20/h4-6,8-9,14-15,23H,7,10-13,16,18,29H2,1-3H3/t23-/m1/s1. The van der Waals surface area contributed by atoms with Gasteiger partial charge in [-0.3, -0.25) is 4.79 Å². The Morgan fingerprint density at radius 1 is 1.21 bits per heavy atom. The van der Waals surface area contributed by atoms with Gasteiger partial charge in [0.15, 0.2) is 0 Å². The number of esters is 2. The Morgan fingerprint density at radius 2 is 1.94 bits per heavy atom. The van der Waals surface area contributed by atoms with E-state index in [9.17, 15) is 14.9 Å². The van der Waals surface area contributed by atoms with Gasteiger partial charge in [0.25, 0.3) is 0 Å². The molecule has 1 aliphatic rings. The van der Waals surface area contributed by atoms with Crippen LogP contribution < -0.4 is 10.6 Å². The molecule has 0 radical (unpaired) electrons. The van der Waals surface area contributed by atoms with Gasteiger partial charge >= 0.3 is 11.9 Å². The second kappa shape index (κ2) is 11.2. The average molecular weight is 464 g/mol. The molecule has 0 saturated heterocycles. The predicted molar refractivity (Wildman–Crippen MR) is 131 cm³/mol. The molecular weight excluding hydrogens is 430 g/mol. The number of fused-ring (bicyclic) bond motifs is 1. The molecule has 0 aliphatic carbocycles. The number of hydrogen-bond acceptors (Lipinski definition) is 7. The molecule has 2 N–H and O–H groups in total. The van der Waals surface area contributed by atoms with E-state index in [0.717, 1.165) is 29.8 Å². The molecule has 0 fully saturated rings. The van der Waals surface area contributed by atoms with Crippen molar-refractivity contribution >= 4 is 17.6 Å². The minimum Gasteiger partial charge on any atom is -0.462 e. The highest BCUT2D eigenvalue weighted by atomic mass is 16.6. The lowest BCUT2D eigenvalue weighted by Crippen LogP contribution is -2.33. The van der Waals surface area contributed by atoms with Gasteiger partial charge in [-0.15, -0.1) is 0 Å². The average Bonchev–Trinajstić information content (AvgIpc) is 3.21. The molecule has 180 valence electrons. The molecule has 0 spiro atoms. The Kier molecular flexibility index (Phi) is 8.30. The van der Waals surface area contributed by atoms with Crippen LogP contribution in [0.25, 0.3) is 0 Å². The van der Waals surface area contributed by atoms with Crippen LogP contribution in [0.2, 0.25) is 0 Å². The van der Waals surface area contributed by atoms with Crippen LogP contribution in [0.1, 0.15) is 54.2 Å². The van der Waals surface area contributed by atoms with E-state index in [1.54, 1.807) is 24.3 Å². The quantitative estimate of drug-likeness (QED) is 0.447. The highest BCUT2D eigenvalue weighted by molar-refractivity contribution is 5.89. The molecule has 2 aromatic carbocycles. The topological polar surface area (TPSA) is 106 Å². The first-order valence-corrected chi connectivity index (χ1v) is 11.7. The summed E-state index contributed by atoms with van der Waals surface area (Å²) in [6.07, 6.45) is 1.92. The smallest absolute Gasteiger partial charge is 0.338 e. The number of carbonyl (C=O) groups is 2. The van der Waals surface area contributed by atoms with Gasteiger partial charge in [-0.25, -0.2) is 4.79 Å². The van der Waals surface area contributed by atoms with Crippen LogP contribution in [0.4, 0.5) is 5.69 Å². The monoisotopic (exact) mass is 463 g/mol. The van der Waals surface area contributed by atoms with E-state index in [4.69, 9.17) is 15.2 Å². The predicted octanol–water partition coefficient (Wildman–Crippen LogP) is 3.63. The molecule has 1 heterocycles. The third kappa shape index (κ3) is 6.58. The highest BCUT2D eigenvalue weighted by Gasteiger charge is 2.27.